The van der Waals surface area contributed by atoms with Crippen molar-refractivity contribution in [2.24, 2.45) is 0 Å². The van der Waals surface area contributed by atoms with Crippen LogP contribution >= 0.6 is 0 Å². The number of hydrogen-bond donors (Lipinski definition) is 0. The number of allylic oxidation sites excluding steroid dienone is 4. The maximum Gasteiger partial charge on any atom is 0.0710 e. The number of hydrogen-bond acceptors (Lipinski definition) is 1. The Bertz CT molecular complexity index is 4780. The molecule has 1 aromatic heterocycles. The van der Waals surface area contributed by atoms with Gasteiger partial charge in [-0.2, -0.15) is 0 Å². The lowest BCUT2D eigenvalue weighted by Gasteiger charge is -2.36. The number of aromatic nitrogens is 1. The Morgan fingerprint density at radius 3 is 1.68 bits per heavy atom. The Morgan fingerprint density at radius 2 is 0.955 bits per heavy atom. The lowest BCUT2D eigenvalue weighted by molar-refractivity contribution is 0.588. The second-order valence-electron chi connectivity index (χ2n) is 27.7. The van der Waals surface area contributed by atoms with Crippen molar-refractivity contribution in [2.45, 2.75) is 103 Å². The van der Waals surface area contributed by atoms with Gasteiger partial charge >= 0.3 is 0 Å². The fourth-order valence-corrected chi connectivity index (χ4v) is 14.9. The minimum atomic E-state index is -0.486. The Balaban J connectivity index is 0.836. The van der Waals surface area contributed by atoms with E-state index in [0.717, 1.165) is 36.3 Å². The molecule has 0 spiro atoms. The lowest BCUT2D eigenvalue weighted by Crippen LogP contribution is -2.29. The van der Waals surface area contributed by atoms with Gasteiger partial charge in [0.2, 0.25) is 0 Å². The van der Waals surface area contributed by atoms with Gasteiger partial charge in [0, 0.05) is 38.9 Å². The molecular formula is C86H76N2. The van der Waals surface area contributed by atoms with Crippen LogP contribution in [0.2, 0.25) is 0 Å². The molecule has 12 aromatic rings. The van der Waals surface area contributed by atoms with Crippen molar-refractivity contribution in [3.63, 3.8) is 0 Å². The number of para-hydroxylation sites is 1. The Morgan fingerprint density at radius 1 is 0.398 bits per heavy atom. The summed E-state index contributed by atoms with van der Waals surface area (Å²) in [5.41, 5.74) is 30.8. The molecule has 15 rings (SSSR count). The molecule has 1 atom stereocenters. The maximum atomic E-state index is 2.56. The smallest absolute Gasteiger partial charge is 0.0710 e. The topological polar surface area (TPSA) is 8.17 Å². The fraction of sp³-hybridized carbons (Fsp3) is 0.186. The summed E-state index contributed by atoms with van der Waals surface area (Å²) < 4.78 is 2.52. The maximum absolute atomic E-state index is 2.56. The molecule has 1 unspecified atom stereocenters. The quantitative estimate of drug-likeness (QED) is 0.140. The van der Waals surface area contributed by atoms with Crippen LogP contribution < -0.4 is 4.90 Å². The number of nitrogens with zero attached hydrogens (tertiary/aromatic N) is 2. The van der Waals surface area contributed by atoms with Gasteiger partial charge in [0.1, 0.15) is 0 Å². The summed E-state index contributed by atoms with van der Waals surface area (Å²) in [4.78, 5) is 2.43. The molecule has 3 aliphatic rings. The van der Waals surface area contributed by atoms with Gasteiger partial charge < -0.3 is 9.47 Å². The van der Waals surface area contributed by atoms with Crippen molar-refractivity contribution in [2.75, 3.05) is 4.90 Å². The first-order chi connectivity index (χ1) is 42.5. The highest BCUT2D eigenvalue weighted by Crippen LogP contribution is 2.59. The lowest BCUT2D eigenvalue weighted by atomic mass is 9.66. The van der Waals surface area contributed by atoms with Crippen LogP contribution in [0.5, 0.6) is 0 Å². The first kappa shape index (κ1) is 55.1. The van der Waals surface area contributed by atoms with Crippen LogP contribution in [-0.2, 0) is 21.7 Å². The number of benzene rings is 11. The van der Waals surface area contributed by atoms with Crippen LogP contribution in [0.4, 0.5) is 17.1 Å². The highest BCUT2D eigenvalue weighted by atomic mass is 15.1. The Kier molecular flexibility index (Phi) is 13.1. The van der Waals surface area contributed by atoms with Gasteiger partial charge in [-0.1, -0.05) is 249 Å². The predicted octanol–water partition coefficient (Wildman–Crippen LogP) is 23.4. The number of rotatable bonds is 9. The van der Waals surface area contributed by atoms with Crippen molar-refractivity contribution in [3.8, 4) is 61.3 Å². The molecule has 430 valence electrons. The molecule has 0 fully saturated rings. The molecule has 3 aliphatic carbocycles. The minimum absolute atomic E-state index is 0.00892. The molecule has 11 aromatic carbocycles. The molecule has 2 nitrogen and oxygen atoms in total. The molecule has 0 amide bonds. The molecule has 1 heterocycles. The van der Waals surface area contributed by atoms with E-state index in [2.05, 4.69) is 333 Å². The van der Waals surface area contributed by atoms with E-state index in [1.54, 1.807) is 0 Å². The van der Waals surface area contributed by atoms with E-state index in [1.807, 2.05) is 0 Å². The van der Waals surface area contributed by atoms with Crippen molar-refractivity contribution in [1.29, 1.82) is 0 Å². The molecular weight excluding hydrogens is 1060 g/mol. The van der Waals surface area contributed by atoms with Gasteiger partial charge in [-0.3, -0.25) is 0 Å². The number of anilines is 3. The third-order valence-electron chi connectivity index (χ3n) is 19.7. The summed E-state index contributed by atoms with van der Waals surface area (Å²) in [6.45, 7) is 21.0. The zero-order valence-corrected chi connectivity index (χ0v) is 52.3. The molecule has 0 N–H and O–H groups in total. The first-order valence-electron chi connectivity index (χ1n) is 31.8. The third-order valence-corrected chi connectivity index (χ3v) is 19.7. The molecule has 2 heteroatoms. The number of fused-ring (bicyclic) bond motifs is 9. The van der Waals surface area contributed by atoms with Gasteiger partial charge in [0.15, 0.2) is 0 Å². The van der Waals surface area contributed by atoms with E-state index in [4.69, 9.17) is 0 Å². The molecule has 0 aliphatic heterocycles. The second kappa shape index (κ2) is 20.8. The summed E-state index contributed by atoms with van der Waals surface area (Å²) in [5, 5.41) is 2.47. The Labute approximate surface area is 520 Å². The van der Waals surface area contributed by atoms with Crippen LogP contribution in [0.3, 0.4) is 0 Å². The van der Waals surface area contributed by atoms with E-state index in [0.29, 0.717) is 0 Å². The standard InChI is InChI=1S/C86H76N2/c1-56-29-31-57(32-30-56)58-33-40-67(41-34-58)87(69-44-47-72-71-25-17-19-27-77(71)85(8,9)78(72)55-69)68-42-35-59(36-43-68)60-38-48-82-76(51-60)75-26-18-20-28-81(75)88(82)70-50-62(49-66(53-70)84(5,6)7)61-37-45-73-74-46-39-65(83(2,3)4)54-80(74)86(79(73)52-61,64-23-15-12-16-24-64)63-21-13-10-11-14-22-63/h12-13,15-55H,10-11,14H2,1-9H3. The minimum Gasteiger partial charge on any atom is -0.310 e. The zero-order valence-electron chi connectivity index (χ0n) is 52.3. The van der Waals surface area contributed by atoms with Gasteiger partial charge in [-0.25, -0.2) is 0 Å². The van der Waals surface area contributed by atoms with E-state index < -0.39 is 5.41 Å². The second-order valence-corrected chi connectivity index (χ2v) is 27.7. The SMILES string of the molecule is Cc1ccc(-c2ccc(N(c3ccc(-c4ccc5c(c4)c4ccccc4n5-c4cc(-c5ccc6c(c5)C(C5=CCCCC=C5)(c5ccccc5)c5cc(C(C)(C)C)ccc5-6)cc(C(C)(C)C)c4)cc3)c3ccc4c(c3)C(C)(C)c3ccccc3-4)cc2)cc1. The summed E-state index contributed by atoms with van der Waals surface area (Å²) in [6, 6.07) is 92.6. The fourth-order valence-electron chi connectivity index (χ4n) is 14.9. The van der Waals surface area contributed by atoms with Gasteiger partial charge in [0.05, 0.1) is 16.4 Å². The van der Waals surface area contributed by atoms with Crippen molar-refractivity contribution >= 4 is 38.9 Å². The van der Waals surface area contributed by atoms with Gasteiger partial charge in [0.25, 0.3) is 0 Å². The summed E-state index contributed by atoms with van der Waals surface area (Å²) in [5.74, 6) is 0. The molecule has 0 saturated carbocycles. The molecule has 0 bridgehead atoms. The largest absolute Gasteiger partial charge is 0.310 e. The van der Waals surface area contributed by atoms with Crippen LogP contribution in [0, 0.1) is 6.92 Å². The average molecular weight is 1140 g/mol. The molecule has 0 saturated heterocycles. The average Bonchev–Trinajstić information content (AvgIpc) is 1.55. The monoisotopic (exact) mass is 1140 g/mol. The summed E-state index contributed by atoms with van der Waals surface area (Å²) in [7, 11) is 0. The molecule has 88 heavy (non-hydrogen) atoms. The summed E-state index contributed by atoms with van der Waals surface area (Å²) >= 11 is 0. The van der Waals surface area contributed by atoms with Crippen LogP contribution in [0.15, 0.2) is 266 Å². The zero-order chi connectivity index (χ0) is 60.3. The highest BCUT2D eigenvalue weighted by Gasteiger charge is 2.47. The van der Waals surface area contributed by atoms with Crippen molar-refractivity contribution < 1.29 is 0 Å². The normalized spacial score (nSPS) is 15.8. The highest BCUT2D eigenvalue weighted by molar-refractivity contribution is 6.10. The van der Waals surface area contributed by atoms with E-state index >= 15 is 0 Å². The van der Waals surface area contributed by atoms with E-state index in [-0.39, 0.29) is 16.2 Å². The van der Waals surface area contributed by atoms with Crippen LogP contribution in [-0.4, -0.2) is 4.57 Å². The van der Waals surface area contributed by atoms with Crippen LogP contribution in [0.25, 0.3) is 83.1 Å². The van der Waals surface area contributed by atoms with Gasteiger partial charge in [-0.05, 0) is 210 Å². The van der Waals surface area contributed by atoms with Crippen molar-refractivity contribution in [1.82, 2.24) is 4.57 Å². The summed E-state index contributed by atoms with van der Waals surface area (Å²) in [6.07, 6.45) is 10.7. The first-order valence-corrected chi connectivity index (χ1v) is 31.8. The third kappa shape index (κ3) is 9.05. The predicted molar refractivity (Wildman–Crippen MR) is 374 cm³/mol. The van der Waals surface area contributed by atoms with E-state index in [9.17, 15) is 0 Å². The van der Waals surface area contributed by atoms with Crippen LogP contribution in [0.1, 0.15) is 119 Å². The number of aryl methyl sites for hydroxylation is 1. The Hall–Kier alpha value is -9.50. The molecule has 0 radical (unpaired) electrons. The van der Waals surface area contributed by atoms with Crippen molar-refractivity contribution in [3.05, 3.63) is 311 Å². The van der Waals surface area contributed by atoms with E-state index in [1.165, 1.54) is 133 Å². The van der Waals surface area contributed by atoms with Gasteiger partial charge in [-0.15, -0.1) is 0 Å².